The fraction of sp³-hybridized carbons (Fsp3) is 0.583. The Hall–Kier alpha value is -3.15. The largest absolute Gasteiger partial charge is 0.478 e. The molecule has 0 radical (unpaired) electrons. The summed E-state index contributed by atoms with van der Waals surface area (Å²) in [5.41, 5.74) is 2.00. The van der Waals surface area contributed by atoms with Gasteiger partial charge in [-0.15, -0.1) is 0 Å². The number of hydrogen-bond acceptors (Lipinski definition) is 3. The Morgan fingerprint density at radius 2 is 0.976 bits per heavy atom. The molecule has 0 aliphatic heterocycles. The predicted octanol–water partition coefficient (Wildman–Crippen LogP) is 10.2. The number of unbranched alkanes of at least 4 members (excludes halogenated alkanes) is 16. The van der Waals surface area contributed by atoms with Gasteiger partial charge in [-0.3, -0.25) is 0 Å². The first-order valence-corrected chi connectivity index (χ1v) is 15.8. The molecule has 0 saturated heterocycles. The molecule has 0 saturated carbocycles. The fourth-order valence-corrected chi connectivity index (χ4v) is 4.07. The van der Waals surface area contributed by atoms with Crippen LogP contribution in [-0.4, -0.2) is 33.2 Å². The van der Waals surface area contributed by atoms with Crippen molar-refractivity contribution in [1.82, 2.24) is 0 Å². The van der Waals surface area contributed by atoms with E-state index in [1.165, 1.54) is 96.3 Å². The van der Waals surface area contributed by atoms with E-state index in [0.717, 1.165) is 24.5 Å². The Kier molecular flexibility index (Phi) is 30.1. The van der Waals surface area contributed by atoms with Gasteiger partial charge < -0.3 is 15.3 Å². The normalized spacial score (nSPS) is 11.0. The predicted molar refractivity (Wildman–Crippen MR) is 175 cm³/mol. The molecule has 0 aliphatic carbocycles. The number of carbonyl (C=O) groups is 3. The summed E-state index contributed by atoms with van der Waals surface area (Å²) in [7, 11) is 0. The van der Waals surface area contributed by atoms with Crippen molar-refractivity contribution in [3.05, 3.63) is 71.8 Å². The highest BCUT2D eigenvalue weighted by atomic mass is 16.4. The zero-order valence-electron chi connectivity index (χ0n) is 26.6. The van der Waals surface area contributed by atoms with Crippen LogP contribution in [0, 0.1) is 0 Å². The second-order valence-corrected chi connectivity index (χ2v) is 10.7. The van der Waals surface area contributed by atoms with E-state index >= 15 is 0 Å². The lowest BCUT2D eigenvalue weighted by Gasteiger charge is -2.03. The third-order valence-corrected chi connectivity index (χ3v) is 6.84. The SMILES string of the molecule is C/C(=C\Cc1ccccc1)C(=O)O.C=CC(=O)O.CCCCCCCCCCCCCCCCCC/C=C(\C)C(=O)O. The van der Waals surface area contributed by atoms with Crippen LogP contribution in [0.25, 0.3) is 0 Å². The van der Waals surface area contributed by atoms with Gasteiger partial charge in [0.05, 0.1) is 0 Å². The second-order valence-electron chi connectivity index (χ2n) is 10.7. The molecular weight excluding hydrogens is 528 g/mol. The highest BCUT2D eigenvalue weighted by Gasteiger charge is 1.99. The van der Waals surface area contributed by atoms with Gasteiger partial charge in [-0.2, -0.15) is 0 Å². The van der Waals surface area contributed by atoms with Gasteiger partial charge in [0.1, 0.15) is 0 Å². The van der Waals surface area contributed by atoms with Gasteiger partial charge in [0.15, 0.2) is 0 Å². The molecule has 42 heavy (non-hydrogen) atoms. The van der Waals surface area contributed by atoms with Gasteiger partial charge in [0, 0.05) is 17.2 Å². The summed E-state index contributed by atoms with van der Waals surface area (Å²) < 4.78 is 0. The van der Waals surface area contributed by atoms with E-state index in [0.29, 0.717) is 17.6 Å². The van der Waals surface area contributed by atoms with Crippen LogP contribution in [0.1, 0.15) is 135 Å². The Morgan fingerprint density at radius 1 is 0.619 bits per heavy atom. The number of carboxylic acid groups (broad SMARTS) is 3. The molecule has 1 aromatic carbocycles. The molecule has 0 bridgehead atoms. The third-order valence-electron chi connectivity index (χ3n) is 6.84. The molecule has 0 aliphatic rings. The maximum Gasteiger partial charge on any atom is 0.330 e. The van der Waals surface area contributed by atoms with Crippen LogP contribution >= 0.6 is 0 Å². The summed E-state index contributed by atoms with van der Waals surface area (Å²) in [5.74, 6) is -2.62. The minimum atomic E-state index is -0.981. The van der Waals surface area contributed by atoms with Crippen molar-refractivity contribution in [3.8, 4) is 0 Å². The average molecular weight is 587 g/mol. The van der Waals surface area contributed by atoms with Crippen LogP contribution in [0.2, 0.25) is 0 Å². The minimum absolute atomic E-state index is 0.392. The van der Waals surface area contributed by atoms with Crippen LogP contribution in [0.3, 0.4) is 0 Å². The zero-order valence-corrected chi connectivity index (χ0v) is 26.6. The molecule has 0 aromatic heterocycles. The summed E-state index contributed by atoms with van der Waals surface area (Å²) in [6.45, 7) is 8.52. The summed E-state index contributed by atoms with van der Waals surface area (Å²) in [5, 5.41) is 24.9. The maximum atomic E-state index is 10.6. The van der Waals surface area contributed by atoms with Gasteiger partial charge in [-0.1, -0.05) is 152 Å². The van der Waals surface area contributed by atoms with Crippen molar-refractivity contribution in [2.75, 3.05) is 0 Å². The zero-order chi connectivity index (χ0) is 31.8. The number of benzene rings is 1. The van der Waals surface area contributed by atoms with Crippen LogP contribution in [-0.2, 0) is 20.8 Å². The van der Waals surface area contributed by atoms with Crippen LogP contribution in [0.4, 0.5) is 0 Å². The topological polar surface area (TPSA) is 112 Å². The summed E-state index contributed by atoms with van der Waals surface area (Å²) in [4.78, 5) is 30.3. The van der Waals surface area contributed by atoms with E-state index in [1.54, 1.807) is 19.9 Å². The quantitative estimate of drug-likeness (QED) is 0.0920. The standard InChI is InChI=1S/C22H42O2.C11H12O2.C3H4O2/c1-3-4-5-6-7-8-9-10-11-12-13-14-15-16-17-18-19-20-21(2)22(23)24;1-9(11(12)13)7-8-10-5-3-2-4-6-10;1-2-3(4)5/h20H,3-19H2,1-2H3,(H,23,24);2-7H,8H2,1H3,(H,12,13);2H,1H2,(H,4,5)/b21-20+;9-7+;. The summed E-state index contributed by atoms with van der Waals surface area (Å²) >= 11 is 0. The third kappa shape index (κ3) is 31.4. The van der Waals surface area contributed by atoms with E-state index in [9.17, 15) is 14.4 Å². The Morgan fingerprint density at radius 3 is 1.33 bits per heavy atom. The molecule has 3 N–H and O–H groups in total. The van der Waals surface area contributed by atoms with Crippen molar-refractivity contribution in [1.29, 1.82) is 0 Å². The van der Waals surface area contributed by atoms with E-state index in [4.69, 9.17) is 15.3 Å². The molecule has 6 nitrogen and oxygen atoms in total. The summed E-state index contributed by atoms with van der Waals surface area (Å²) in [6, 6.07) is 9.78. The first kappa shape index (κ1) is 41.0. The van der Waals surface area contributed by atoms with Crippen molar-refractivity contribution < 1.29 is 29.7 Å². The van der Waals surface area contributed by atoms with E-state index < -0.39 is 17.9 Å². The lowest BCUT2D eigenvalue weighted by atomic mass is 10.0. The number of aliphatic carboxylic acids is 3. The molecule has 1 rings (SSSR count). The molecule has 0 unspecified atom stereocenters. The van der Waals surface area contributed by atoms with Crippen molar-refractivity contribution in [3.63, 3.8) is 0 Å². The highest BCUT2D eigenvalue weighted by molar-refractivity contribution is 5.86. The van der Waals surface area contributed by atoms with E-state index in [1.807, 2.05) is 36.4 Å². The lowest BCUT2D eigenvalue weighted by molar-refractivity contribution is -0.133. The van der Waals surface area contributed by atoms with Crippen LogP contribution < -0.4 is 0 Å². The molecule has 0 amide bonds. The molecule has 0 spiro atoms. The molecule has 0 atom stereocenters. The van der Waals surface area contributed by atoms with Gasteiger partial charge in [-0.05, 0) is 38.7 Å². The molecule has 0 fully saturated rings. The number of carboxylic acids is 3. The van der Waals surface area contributed by atoms with E-state index in [-0.39, 0.29) is 0 Å². The Labute approximate surface area is 255 Å². The second kappa shape index (κ2) is 30.8. The number of hydrogen-bond donors (Lipinski definition) is 3. The lowest BCUT2D eigenvalue weighted by Crippen LogP contribution is -1.96. The first-order valence-electron chi connectivity index (χ1n) is 15.8. The molecule has 1 aromatic rings. The number of rotatable bonds is 22. The van der Waals surface area contributed by atoms with Crippen molar-refractivity contribution >= 4 is 17.9 Å². The highest BCUT2D eigenvalue weighted by Crippen LogP contribution is 2.14. The number of allylic oxidation sites excluding steroid dienone is 2. The average Bonchev–Trinajstić information content (AvgIpc) is 2.98. The monoisotopic (exact) mass is 586 g/mol. The van der Waals surface area contributed by atoms with Crippen molar-refractivity contribution in [2.24, 2.45) is 0 Å². The fourth-order valence-electron chi connectivity index (χ4n) is 4.07. The molecular formula is C36H58O6. The minimum Gasteiger partial charge on any atom is -0.478 e. The maximum absolute atomic E-state index is 10.6. The van der Waals surface area contributed by atoms with Gasteiger partial charge in [0.25, 0.3) is 0 Å². The Balaban J connectivity index is 0. The van der Waals surface area contributed by atoms with Crippen LogP contribution in [0.5, 0.6) is 0 Å². The molecule has 238 valence electrons. The van der Waals surface area contributed by atoms with Gasteiger partial charge >= 0.3 is 17.9 Å². The molecule has 0 heterocycles. The van der Waals surface area contributed by atoms with Crippen LogP contribution in [0.15, 0.2) is 66.3 Å². The van der Waals surface area contributed by atoms with Gasteiger partial charge in [0.2, 0.25) is 0 Å². The van der Waals surface area contributed by atoms with Gasteiger partial charge in [-0.25, -0.2) is 14.4 Å². The Bertz CT molecular complexity index is 885. The van der Waals surface area contributed by atoms with E-state index in [2.05, 4.69) is 13.5 Å². The smallest absolute Gasteiger partial charge is 0.330 e. The summed E-state index contributed by atoms with van der Waals surface area (Å²) in [6.07, 6.45) is 28.0. The first-order chi connectivity index (χ1) is 20.1. The molecule has 6 heteroatoms. The van der Waals surface area contributed by atoms with Crippen molar-refractivity contribution in [2.45, 2.75) is 136 Å².